The topological polar surface area (TPSA) is 54.2 Å². The van der Waals surface area contributed by atoms with Gasteiger partial charge in [0.05, 0.1) is 16.5 Å². The summed E-state index contributed by atoms with van der Waals surface area (Å²) < 4.78 is 5.79. The van der Waals surface area contributed by atoms with Gasteiger partial charge in [-0.05, 0) is 48.6 Å². The van der Waals surface area contributed by atoms with E-state index in [0.29, 0.717) is 23.4 Å². The van der Waals surface area contributed by atoms with Crippen LogP contribution in [-0.2, 0) is 6.54 Å². The standard InChI is InChI=1S/C25H22N4OS2/c1-16-10-12-19(13-11-16)22-21(24-27-23(28-30-24)20-9-6-14-32-20)17(2)29(25(31)26-22)15-18-7-4-3-5-8-18/h3-14,22H,15H2,1-2H3,(H,26,31). The van der Waals surface area contributed by atoms with E-state index >= 15 is 0 Å². The largest absolute Gasteiger partial charge is 0.351 e. The van der Waals surface area contributed by atoms with Gasteiger partial charge in [-0.15, -0.1) is 11.3 Å². The molecule has 1 unspecified atom stereocenters. The van der Waals surface area contributed by atoms with Crippen LogP contribution in [0.4, 0.5) is 0 Å². The van der Waals surface area contributed by atoms with E-state index in [4.69, 9.17) is 21.7 Å². The smallest absolute Gasteiger partial charge is 0.258 e. The Balaban J connectivity index is 1.60. The molecule has 1 aliphatic rings. The molecule has 32 heavy (non-hydrogen) atoms. The summed E-state index contributed by atoms with van der Waals surface area (Å²) in [5.74, 6) is 1.10. The number of benzene rings is 2. The molecule has 5 rings (SSSR count). The van der Waals surface area contributed by atoms with Crippen molar-refractivity contribution in [2.24, 2.45) is 0 Å². The monoisotopic (exact) mass is 458 g/mol. The molecule has 5 nitrogen and oxygen atoms in total. The molecule has 2 aromatic carbocycles. The predicted molar refractivity (Wildman–Crippen MR) is 132 cm³/mol. The molecule has 0 fully saturated rings. The van der Waals surface area contributed by atoms with E-state index in [1.165, 1.54) is 11.1 Å². The minimum absolute atomic E-state index is 0.174. The number of rotatable bonds is 5. The Bertz CT molecular complexity index is 1260. The molecule has 0 saturated heterocycles. The second kappa shape index (κ2) is 8.68. The van der Waals surface area contributed by atoms with Crippen LogP contribution < -0.4 is 5.32 Å². The molecule has 0 aliphatic carbocycles. The summed E-state index contributed by atoms with van der Waals surface area (Å²) in [5, 5.41) is 10.5. The Morgan fingerprint density at radius 2 is 1.81 bits per heavy atom. The number of thiocarbonyl (C=S) groups is 1. The third kappa shape index (κ3) is 3.97. The lowest BCUT2D eigenvalue weighted by Gasteiger charge is -2.37. The van der Waals surface area contributed by atoms with Crippen molar-refractivity contribution >= 4 is 34.2 Å². The average molecular weight is 459 g/mol. The first kappa shape index (κ1) is 20.6. The normalized spacial score (nSPS) is 16.4. The van der Waals surface area contributed by atoms with Crippen molar-refractivity contribution in [1.29, 1.82) is 0 Å². The fourth-order valence-corrected chi connectivity index (χ4v) is 4.83. The number of allylic oxidation sites excluding steroid dienone is 1. The lowest BCUT2D eigenvalue weighted by atomic mass is 9.94. The summed E-state index contributed by atoms with van der Waals surface area (Å²) in [6, 6.07) is 22.5. The Hall–Kier alpha value is -3.29. The fraction of sp³-hybridized carbons (Fsp3) is 0.160. The minimum Gasteiger partial charge on any atom is -0.351 e. The molecule has 2 aromatic heterocycles. The Labute approximate surface area is 196 Å². The first-order chi connectivity index (χ1) is 15.6. The summed E-state index contributed by atoms with van der Waals surface area (Å²) in [6.45, 7) is 4.81. The van der Waals surface area contributed by atoms with Crippen LogP contribution in [0.15, 0.2) is 82.3 Å². The highest BCUT2D eigenvalue weighted by Gasteiger charge is 2.34. The predicted octanol–water partition coefficient (Wildman–Crippen LogP) is 5.97. The van der Waals surface area contributed by atoms with Gasteiger partial charge in [-0.1, -0.05) is 71.4 Å². The lowest BCUT2D eigenvalue weighted by Crippen LogP contribution is -2.45. The molecule has 0 radical (unpaired) electrons. The minimum atomic E-state index is -0.174. The first-order valence-corrected chi connectivity index (χ1v) is 11.7. The van der Waals surface area contributed by atoms with Crippen LogP contribution in [0, 0.1) is 6.92 Å². The summed E-state index contributed by atoms with van der Waals surface area (Å²) >= 11 is 7.39. The molecule has 0 spiro atoms. The molecule has 0 bridgehead atoms. The van der Waals surface area contributed by atoms with Crippen LogP contribution in [0.3, 0.4) is 0 Å². The summed E-state index contributed by atoms with van der Waals surface area (Å²) in [7, 11) is 0. The SMILES string of the molecule is CC1=C(c2nc(-c3cccs3)no2)C(c2ccc(C)cc2)NC(=S)N1Cc1ccccc1. The maximum atomic E-state index is 5.79. The van der Waals surface area contributed by atoms with Crippen LogP contribution >= 0.6 is 23.6 Å². The van der Waals surface area contributed by atoms with Gasteiger partial charge in [0.1, 0.15) is 0 Å². The first-order valence-electron chi connectivity index (χ1n) is 10.4. The molecule has 0 amide bonds. The van der Waals surface area contributed by atoms with E-state index in [0.717, 1.165) is 21.7 Å². The van der Waals surface area contributed by atoms with E-state index in [-0.39, 0.29) is 6.04 Å². The maximum absolute atomic E-state index is 5.79. The van der Waals surface area contributed by atoms with Crippen molar-refractivity contribution in [3.8, 4) is 10.7 Å². The summed E-state index contributed by atoms with van der Waals surface area (Å²) in [6.07, 6.45) is 0. The van der Waals surface area contributed by atoms with Crippen LogP contribution in [0.2, 0.25) is 0 Å². The Morgan fingerprint density at radius 1 is 1.03 bits per heavy atom. The van der Waals surface area contributed by atoms with Crippen LogP contribution in [0.5, 0.6) is 0 Å². The molecular weight excluding hydrogens is 436 g/mol. The van der Waals surface area contributed by atoms with E-state index in [9.17, 15) is 0 Å². The van der Waals surface area contributed by atoms with Gasteiger partial charge >= 0.3 is 0 Å². The van der Waals surface area contributed by atoms with E-state index in [1.54, 1.807) is 11.3 Å². The number of nitrogens with zero attached hydrogens (tertiary/aromatic N) is 3. The molecule has 0 saturated carbocycles. The zero-order valence-corrected chi connectivity index (χ0v) is 19.4. The summed E-state index contributed by atoms with van der Waals surface area (Å²) in [5.41, 5.74) is 5.42. The maximum Gasteiger partial charge on any atom is 0.258 e. The average Bonchev–Trinajstić information content (AvgIpc) is 3.50. The van der Waals surface area contributed by atoms with Crippen molar-refractivity contribution in [3.05, 3.63) is 100 Å². The van der Waals surface area contributed by atoms with Crippen molar-refractivity contribution < 1.29 is 4.52 Å². The Kier molecular flexibility index (Phi) is 5.59. The van der Waals surface area contributed by atoms with Gasteiger partial charge in [0.2, 0.25) is 5.82 Å². The van der Waals surface area contributed by atoms with Gasteiger partial charge in [0, 0.05) is 12.2 Å². The Morgan fingerprint density at radius 3 is 2.53 bits per heavy atom. The van der Waals surface area contributed by atoms with E-state index < -0.39 is 0 Å². The number of hydrogen-bond donors (Lipinski definition) is 1. The molecule has 3 heterocycles. The molecule has 1 N–H and O–H groups in total. The number of thiophene rings is 1. The highest BCUT2D eigenvalue weighted by atomic mass is 32.1. The van der Waals surface area contributed by atoms with Crippen molar-refractivity contribution in [2.75, 3.05) is 0 Å². The van der Waals surface area contributed by atoms with E-state index in [2.05, 4.69) is 65.6 Å². The zero-order chi connectivity index (χ0) is 22.1. The van der Waals surface area contributed by atoms with Crippen molar-refractivity contribution in [1.82, 2.24) is 20.4 Å². The summed E-state index contributed by atoms with van der Waals surface area (Å²) in [4.78, 5) is 7.83. The second-order valence-electron chi connectivity index (χ2n) is 7.76. The van der Waals surface area contributed by atoms with Gasteiger partial charge in [-0.3, -0.25) is 0 Å². The van der Waals surface area contributed by atoms with Crippen molar-refractivity contribution in [3.63, 3.8) is 0 Å². The van der Waals surface area contributed by atoms with E-state index in [1.807, 2.05) is 35.7 Å². The van der Waals surface area contributed by atoms with Gasteiger partial charge < -0.3 is 14.7 Å². The van der Waals surface area contributed by atoms with Gasteiger partial charge in [-0.25, -0.2) is 0 Å². The molecule has 160 valence electrons. The highest BCUT2D eigenvalue weighted by Crippen LogP contribution is 2.38. The fourth-order valence-electron chi connectivity index (χ4n) is 3.86. The third-order valence-electron chi connectivity index (χ3n) is 5.59. The number of hydrogen-bond acceptors (Lipinski definition) is 5. The van der Waals surface area contributed by atoms with Crippen LogP contribution in [0.1, 0.15) is 35.5 Å². The lowest BCUT2D eigenvalue weighted by molar-refractivity contribution is 0.396. The molecule has 1 aliphatic heterocycles. The van der Waals surface area contributed by atoms with Crippen molar-refractivity contribution in [2.45, 2.75) is 26.4 Å². The number of nitrogens with one attached hydrogen (secondary N) is 1. The zero-order valence-electron chi connectivity index (χ0n) is 17.8. The van der Waals surface area contributed by atoms with Gasteiger partial charge in [0.15, 0.2) is 5.11 Å². The van der Waals surface area contributed by atoms with Crippen LogP contribution in [0.25, 0.3) is 16.3 Å². The van der Waals surface area contributed by atoms with Crippen LogP contribution in [-0.4, -0.2) is 20.2 Å². The molecule has 7 heteroatoms. The quantitative estimate of drug-likeness (QED) is 0.372. The molecule has 4 aromatic rings. The number of aromatic nitrogens is 2. The van der Waals surface area contributed by atoms with Gasteiger partial charge in [0.25, 0.3) is 5.89 Å². The van der Waals surface area contributed by atoms with Gasteiger partial charge in [-0.2, -0.15) is 4.98 Å². The second-order valence-corrected chi connectivity index (χ2v) is 9.10. The molecule has 1 atom stereocenters. The molecular formula is C25H22N4OS2. The number of aryl methyl sites for hydroxylation is 1. The highest BCUT2D eigenvalue weighted by molar-refractivity contribution is 7.80. The third-order valence-corrected chi connectivity index (χ3v) is 6.79.